The SMILES string of the molecule is N#Cc1ccncc1NC1CCS(=O)(=O)CC1. The summed E-state index contributed by atoms with van der Waals surface area (Å²) in [6.07, 6.45) is 4.33. The van der Waals surface area contributed by atoms with E-state index in [4.69, 9.17) is 5.26 Å². The largest absolute Gasteiger partial charge is 0.380 e. The highest BCUT2D eigenvalue weighted by Crippen LogP contribution is 2.19. The van der Waals surface area contributed by atoms with Crippen molar-refractivity contribution in [2.24, 2.45) is 0 Å². The zero-order valence-electron chi connectivity index (χ0n) is 9.26. The van der Waals surface area contributed by atoms with E-state index >= 15 is 0 Å². The van der Waals surface area contributed by atoms with E-state index in [0.29, 0.717) is 24.1 Å². The summed E-state index contributed by atoms with van der Waals surface area (Å²) in [5, 5.41) is 12.1. The molecule has 0 amide bonds. The van der Waals surface area contributed by atoms with Gasteiger partial charge in [-0.1, -0.05) is 0 Å². The number of nitriles is 1. The molecule has 2 rings (SSSR count). The first kappa shape index (κ1) is 11.9. The standard InChI is InChI=1S/C11H13N3O2S/c12-7-9-1-4-13-8-11(9)14-10-2-5-17(15,16)6-3-10/h1,4,8,10,14H,2-3,5-6H2. The molecule has 1 aromatic heterocycles. The average molecular weight is 251 g/mol. The molecule has 90 valence electrons. The van der Waals surface area contributed by atoms with Crippen molar-refractivity contribution >= 4 is 15.5 Å². The number of pyridine rings is 1. The number of hydrogen-bond donors (Lipinski definition) is 1. The van der Waals surface area contributed by atoms with E-state index in [2.05, 4.69) is 16.4 Å². The number of hydrogen-bond acceptors (Lipinski definition) is 5. The van der Waals surface area contributed by atoms with Crippen molar-refractivity contribution in [2.75, 3.05) is 16.8 Å². The second kappa shape index (κ2) is 4.72. The molecule has 6 heteroatoms. The highest BCUT2D eigenvalue weighted by atomic mass is 32.2. The molecule has 0 unspecified atom stereocenters. The van der Waals surface area contributed by atoms with Gasteiger partial charge in [-0.15, -0.1) is 0 Å². The van der Waals surface area contributed by atoms with E-state index < -0.39 is 9.84 Å². The van der Waals surface area contributed by atoms with E-state index in [1.54, 1.807) is 18.5 Å². The first-order chi connectivity index (χ1) is 8.11. The lowest BCUT2D eigenvalue weighted by molar-refractivity contribution is 0.559. The third kappa shape index (κ3) is 2.94. The minimum absolute atomic E-state index is 0.106. The second-order valence-electron chi connectivity index (χ2n) is 4.10. The summed E-state index contributed by atoms with van der Waals surface area (Å²) >= 11 is 0. The third-order valence-corrected chi connectivity index (χ3v) is 4.57. The predicted octanol–water partition coefficient (Wildman–Crippen LogP) is 0.942. The summed E-state index contributed by atoms with van der Waals surface area (Å²) in [6.45, 7) is 0. The summed E-state index contributed by atoms with van der Waals surface area (Å²) in [6, 6.07) is 3.83. The summed E-state index contributed by atoms with van der Waals surface area (Å²) < 4.78 is 22.6. The van der Waals surface area contributed by atoms with E-state index in [1.807, 2.05) is 0 Å². The van der Waals surface area contributed by atoms with Crippen molar-refractivity contribution in [2.45, 2.75) is 18.9 Å². The zero-order valence-corrected chi connectivity index (χ0v) is 10.1. The highest BCUT2D eigenvalue weighted by Gasteiger charge is 2.23. The Morgan fingerprint density at radius 1 is 1.41 bits per heavy atom. The maximum atomic E-state index is 11.3. The lowest BCUT2D eigenvalue weighted by atomic mass is 10.1. The summed E-state index contributed by atoms with van der Waals surface area (Å²) in [5.74, 6) is 0.430. The molecule has 0 aromatic carbocycles. The number of sulfone groups is 1. The van der Waals surface area contributed by atoms with Gasteiger partial charge in [0.25, 0.3) is 0 Å². The fourth-order valence-corrected chi connectivity index (χ4v) is 3.35. The number of aromatic nitrogens is 1. The lowest BCUT2D eigenvalue weighted by Gasteiger charge is -2.24. The maximum Gasteiger partial charge on any atom is 0.150 e. The van der Waals surface area contributed by atoms with Crippen LogP contribution in [0.15, 0.2) is 18.5 Å². The molecule has 0 spiro atoms. The van der Waals surface area contributed by atoms with Gasteiger partial charge in [-0.3, -0.25) is 4.98 Å². The molecule has 17 heavy (non-hydrogen) atoms. The van der Waals surface area contributed by atoms with Crippen LogP contribution in [-0.4, -0.2) is 30.9 Å². The molecule has 2 heterocycles. The molecule has 1 aromatic rings. The van der Waals surface area contributed by atoms with E-state index in [1.165, 1.54) is 0 Å². The summed E-state index contributed by atoms with van der Waals surface area (Å²) in [4.78, 5) is 3.96. The Morgan fingerprint density at radius 2 is 2.12 bits per heavy atom. The van der Waals surface area contributed by atoms with Gasteiger partial charge in [-0.25, -0.2) is 8.42 Å². The van der Waals surface area contributed by atoms with E-state index in [9.17, 15) is 8.42 Å². The summed E-state index contributed by atoms with van der Waals surface area (Å²) in [5.41, 5.74) is 1.22. The molecule has 1 aliphatic heterocycles. The van der Waals surface area contributed by atoms with Gasteiger partial charge in [0.2, 0.25) is 0 Å². The number of nitrogens with one attached hydrogen (secondary N) is 1. The first-order valence-electron chi connectivity index (χ1n) is 5.42. The van der Waals surface area contributed by atoms with Gasteiger partial charge in [-0.05, 0) is 18.9 Å². The van der Waals surface area contributed by atoms with Crippen LogP contribution in [0, 0.1) is 11.3 Å². The molecular formula is C11H13N3O2S. The molecule has 1 N–H and O–H groups in total. The van der Waals surface area contributed by atoms with Crippen molar-refractivity contribution in [3.63, 3.8) is 0 Å². The van der Waals surface area contributed by atoms with Gasteiger partial charge in [0.1, 0.15) is 15.9 Å². The number of anilines is 1. The van der Waals surface area contributed by atoms with E-state index in [0.717, 1.165) is 0 Å². The van der Waals surface area contributed by atoms with Gasteiger partial charge < -0.3 is 5.32 Å². The lowest BCUT2D eigenvalue weighted by Crippen LogP contribution is -2.32. The van der Waals surface area contributed by atoms with Crippen molar-refractivity contribution in [1.82, 2.24) is 4.98 Å². The molecule has 1 fully saturated rings. The van der Waals surface area contributed by atoms with Crippen molar-refractivity contribution in [3.05, 3.63) is 24.0 Å². The fraction of sp³-hybridized carbons (Fsp3) is 0.455. The van der Waals surface area contributed by atoms with Crippen LogP contribution in [0.5, 0.6) is 0 Å². The van der Waals surface area contributed by atoms with Crippen LogP contribution < -0.4 is 5.32 Å². The monoisotopic (exact) mass is 251 g/mol. The van der Waals surface area contributed by atoms with Gasteiger partial charge in [0.15, 0.2) is 0 Å². The molecule has 0 bridgehead atoms. The molecule has 0 saturated carbocycles. The van der Waals surface area contributed by atoms with Crippen LogP contribution >= 0.6 is 0 Å². The minimum atomic E-state index is -2.84. The first-order valence-corrected chi connectivity index (χ1v) is 7.24. The molecular weight excluding hydrogens is 238 g/mol. The average Bonchev–Trinajstić information content (AvgIpc) is 2.32. The third-order valence-electron chi connectivity index (χ3n) is 2.86. The molecule has 1 aliphatic rings. The minimum Gasteiger partial charge on any atom is -0.380 e. The van der Waals surface area contributed by atoms with E-state index in [-0.39, 0.29) is 17.5 Å². The van der Waals surface area contributed by atoms with Gasteiger partial charge in [-0.2, -0.15) is 5.26 Å². The van der Waals surface area contributed by atoms with Gasteiger partial charge in [0.05, 0.1) is 29.0 Å². The van der Waals surface area contributed by atoms with Gasteiger partial charge >= 0.3 is 0 Å². The van der Waals surface area contributed by atoms with Crippen LogP contribution in [0.25, 0.3) is 0 Å². The normalized spacial score (nSPS) is 19.5. The van der Waals surface area contributed by atoms with Crippen molar-refractivity contribution < 1.29 is 8.42 Å². The second-order valence-corrected chi connectivity index (χ2v) is 6.41. The number of rotatable bonds is 2. The van der Waals surface area contributed by atoms with Gasteiger partial charge in [0, 0.05) is 12.2 Å². The van der Waals surface area contributed by atoms with Crippen LogP contribution in [0.3, 0.4) is 0 Å². The molecule has 0 atom stereocenters. The fourth-order valence-electron chi connectivity index (χ4n) is 1.86. The van der Waals surface area contributed by atoms with Crippen molar-refractivity contribution in [3.8, 4) is 6.07 Å². The smallest absolute Gasteiger partial charge is 0.150 e. The predicted molar refractivity (Wildman–Crippen MR) is 64.3 cm³/mol. The Balaban J connectivity index is 2.05. The van der Waals surface area contributed by atoms with Crippen LogP contribution in [0.1, 0.15) is 18.4 Å². The Hall–Kier alpha value is -1.61. The van der Waals surface area contributed by atoms with Crippen LogP contribution in [0.2, 0.25) is 0 Å². The Morgan fingerprint density at radius 3 is 2.76 bits per heavy atom. The Labute approximate surface area is 100 Å². The van der Waals surface area contributed by atoms with Crippen molar-refractivity contribution in [1.29, 1.82) is 5.26 Å². The quantitative estimate of drug-likeness (QED) is 0.845. The summed E-state index contributed by atoms with van der Waals surface area (Å²) in [7, 11) is -2.84. The molecule has 5 nitrogen and oxygen atoms in total. The zero-order chi connectivity index (χ0) is 12.3. The highest BCUT2D eigenvalue weighted by molar-refractivity contribution is 7.91. The Bertz CT molecular complexity index is 534. The molecule has 0 radical (unpaired) electrons. The topological polar surface area (TPSA) is 82.8 Å². The van der Waals surface area contributed by atoms with Crippen LogP contribution in [-0.2, 0) is 9.84 Å². The molecule has 0 aliphatic carbocycles. The maximum absolute atomic E-state index is 11.3. The Kier molecular flexibility index (Phi) is 3.29. The van der Waals surface area contributed by atoms with Crippen LogP contribution in [0.4, 0.5) is 5.69 Å². The number of nitrogens with zero attached hydrogens (tertiary/aromatic N) is 2. The molecule has 1 saturated heterocycles.